The first-order valence-electron chi connectivity index (χ1n) is 34.5. The quantitative estimate of drug-likeness (QED) is 0.00404. The van der Waals surface area contributed by atoms with Crippen molar-refractivity contribution in [1.29, 1.82) is 0 Å². The number of aliphatic hydroxyl groups is 3. The summed E-state index contributed by atoms with van der Waals surface area (Å²) in [5, 5.41) is 38.6. The van der Waals surface area contributed by atoms with Gasteiger partial charge in [0.05, 0.1) is 51.3 Å². The zero-order valence-corrected chi connectivity index (χ0v) is 64.0. The molecule has 0 aliphatic carbocycles. The van der Waals surface area contributed by atoms with E-state index in [4.69, 9.17) is 42.0 Å². The summed E-state index contributed by atoms with van der Waals surface area (Å²) in [7, 11) is -2.49. The molecule has 12 atom stereocenters. The van der Waals surface area contributed by atoms with Gasteiger partial charge >= 0.3 is 39.4 Å². The van der Waals surface area contributed by atoms with Crippen LogP contribution in [0.4, 0.5) is 63.9 Å². The van der Waals surface area contributed by atoms with Gasteiger partial charge < -0.3 is 62.6 Å². The molecule has 41 heteroatoms. The van der Waals surface area contributed by atoms with Gasteiger partial charge in [0.1, 0.15) is 53.3 Å². The number of nitrogens with one attached hydrogen (secondary N) is 4. The number of hydrogen-bond acceptors (Lipinski definition) is 26. The first kappa shape index (κ1) is 87.3. The fourth-order valence-corrected chi connectivity index (χ4v) is 14.2. The molecule has 9 rings (SSSR count). The number of imidazole rings is 2. The average Bonchev–Trinajstić information content (AvgIpc) is 1.64. The van der Waals surface area contributed by atoms with Gasteiger partial charge in [-0.05, 0) is 92.5 Å². The van der Waals surface area contributed by atoms with Gasteiger partial charge in [-0.25, -0.2) is 59.9 Å². The topological polar surface area (TPSA) is 388 Å². The largest absolute Gasteiger partial charge is 0.462 e. The predicted octanol–water partition coefficient (Wildman–Crippen LogP) is 10.6. The predicted molar refractivity (Wildman–Crippen MR) is 383 cm³/mol. The van der Waals surface area contributed by atoms with E-state index in [1.807, 2.05) is 18.9 Å². The van der Waals surface area contributed by atoms with E-state index in [0.717, 1.165) is 46.0 Å². The van der Waals surface area contributed by atoms with Crippen LogP contribution in [-0.2, 0) is 51.7 Å². The molecule has 0 unspecified atom stereocenters. The van der Waals surface area contributed by atoms with Crippen LogP contribution in [0.5, 0.6) is 11.5 Å². The summed E-state index contributed by atoms with van der Waals surface area (Å²) < 4.78 is 179. The van der Waals surface area contributed by atoms with Crippen LogP contribution in [0, 0.1) is 29.1 Å². The molecule has 2 amide bonds. The minimum absolute atomic E-state index is 0.0451. The van der Waals surface area contributed by atoms with Crippen molar-refractivity contribution in [2.75, 3.05) is 75.1 Å². The van der Waals surface area contributed by atoms with Gasteiger partial charge in [0.15, 0.2) is 81.0 Å². The zero-order valence-electron chi connectivity index (χ0n) is 62.3. The number of aliphatic hydroxyl groups excluding tert-OH is 3. The number of aromatic nitrogens is 8. The normalized spacial score (nSPS) is 21.2. The minimum Gasteiger partial charge on any atom is -0.462 e. The maximum absolute atomic E-state index is 16.4. The number of rotatable bonds is 31. The maximum atomic E-state index is 16.4. The number of anilines is 4. The van der Waals surface area contributed by atoms with E-state index in [2.05, 4.69) is 45.6 Å². The van der Waals surface area contributed by atoms with Gasteiger partial charge in [0.2, 0.25) is 17.7 Å². The number of halogens is 7. The van der Waals surface area contributed by atoms with Gasteiger partial charge in [-0.2, -0.15) is 25.0 Å². The highest BCUT2D eigenvalue weighted by Gasteiger charge is 2.57. The second-order valence-corrected chi connectivity index (χ2v) is 30.0. The molecule has 2 fully saturated rings. The molecule has 6 heterocycles. The molecule has 4 aromatic heterocycles. The average molecular weight is 1590 g/mol. The Morgan fingerprint density at radius 3 is 1.38 bits per heavy atom. The fraction of sp³-hybridized carbons (Fsp3) is 0.529. The van der Waals surface area contributed by atoms with Crippen molar-refractivity contribution in [2.24, 2.45) is 0 Å². The summed E-state index contributed by atoms with van der Waals surface area (Å²) >= 11 is 0. The number of ether oxygens (including phenoxy) is 6. The van der Waals surface area contributed by atoms with Crippen LogP contribution in [-0.4, -0.2) is 193 Å². The van der Waals surface area contributed by atoms with Crippen molar-refractivity contribution in [3.63, 3.8) is 0 Å². The molecule has 2 aliphatic rings. The van der Waals surface area contributed by atoms with Crippen LogP contribution in [0.1, 0.15) is 120 Å². The molecule has 7 N–H and O–H groups in total. The van der Waals surface area contributed by atoms with E-state index >= 15 is 8.78 Å². The number of carbonyl (C=O) groups is 4. The lowest BCUT2D eigenvalue weighted by atomic mass is 9.98. The molecule has 2 saturated heterocycles. The number of esters is 2. The number of nitrogens with zero attached hydrogens (tertiary/aromatic N) is 10. The van der Waals surface area contributed by atoms with Crippen molar-refractivity contribution in [1.82, 2.24) is 49.2 Å². The maximum Gasteiger partial charge on any atom is 0.459 e. The fourth-order valence-electron chi connectivity index (χ4n) is 10.7. The van der Waals surface area contributed by atoms with Gasteiger partial charge in [0, 0.05) is 28.2 Å². The van der Waals surface area contributed by atoms with E-state index in [0.29, 0.717) is 23.6 Å². The Morgan fingerprint density at radius 1 is 0.587 bits per heavy atom. The van der Waals surface area contributed by atoms with Crippen molar-refractivity contribution >= 4 is 90.6 Å². The molecule has 0 bridgehead atoms. The molecule has 32 nitrogen and oxygen atoms in total. The van der Waals surface area contributed by atoms with Crippen molar-refractivity contribution in [2.45, 2.75) is 180 Å². The van der Waals surface area contributed by atoms with E-state index in [9.17, 15) is 65.6 Å². The summed E-state index contributed by atoms with van der Waals surface area (Å²) in [6.07, 6.45) is -3.14. The Balaban J connectivity index is 0.000000239. The summed E-state index contributed by atoms with van der Waals surface area (Å²) in [5.74, 6) is -12.8. The molecule has 0 radical (unpaired) electrons. The first-order valence-corrected chi connectivity index (χ1v) is 37.7. The third-order valence-electron chi connectivity index (χ3n) is 16.1. The van der Waals surface area contributed by atoms with Crippen LogP contribution < -0.4 is 45.0 Å². The highest BCUT2D eigenvalue weighted by Crippen LogP contribution is 2.50. The van der Waals surface area contributed by atoms with E-state index in [-0.39, 0.29) is 53.4 Å². The third-order valence-corrected chi connectivity index (χ3v) is 19.9. The van der Waals surface area contributed by atoms with Gasteiger partial charge in [0.25, 0.3) is 0 Å². The third kappa shape index (κ3) is 21.8. The van der Waals surface area contributed by atoms with Crippen molar-refractivity contribution in [3.05, 3.63) is 102 Å². The van der Waals surface area contributed by atoms with Crippen LogP contribution in [0.2, 0.25) is 0 Å². The molecule has 0 spiro atoms. The van der Waals surface area contributed by atoms with Gasteiger partial charge in [-0.1, -0.05) is 75.9 Å². The lowest BCUT2D eigenvalue weighted by molar-refractivity contribution is -0.149. The van der Waals surface area contributed by atoms with E-state index in [1.165, 1.54) is 85.9 Å². The van der Waals surface area contributed by atoms with E-state index < -0.39 is 159 Å². The lowest BCUT2D eigenvalue weighted by Gasteiger charge is -2.25. The first-order chi connectivity index (χ1) is 51.3. The Hall–Kier alpha value is -8.91. The second-order valence-electron chi connectivity index (χ2n) is 26.3. The SMILES string of the molecule is CC(C)OC(=O)[C@H](C)N[P@](=O)(Oc1ccccc1)c1c(F)c(F)c(F)c(F)c1F.CCCCCOC(=O)Nc1nc(N(C)C)c2ncn([C@@H]3O[C@H](CO)[C@@H](O)[C@@]3(C)F)c2n1.CCCCCOC(=O)Nc1nc(N(C)C)c2ncn([C@@H]3O[C@H](CO[P@@](=O)(N[C@@H](C)C(=O)OC(C)C)Oc4ccccc4)[C@@H](O)[C@@]3(C)F)c2n1. The molecule has 0 saturated carbocycles. The number of carbonyl (C=O) groups excluding carboxylic acids is 4. The molecule has 2 aliphatic heterocycles. The smallest absolute Gasteiger partial charge is 0.459 e. The van der Waals surface area contributed by atoms with Crippen LogP contribution >= 0.6 is 15.3 Å². The van der Waals surface area contributed by atoms with E-state index in [1.54, 1.807) is 76.1 Å². The number of amides is 2. The molecule has 7 aromatic rings. The summed E-state index contributed by atoms with van der Waals surface area (Å²) in [6.45, 7) is 14.7. The van der Waals surface area contributed by atoms with Gasteiger partial charge in [-0.3, -0.25) is 38.4 Å². The lowest BCUT2D eigenvalue weighted by Crippen LogP contribution is -2.41. The zero-order chi connectivity index (χ0) is 80.6. The molecule has 109 heavy (non-hydrogen) atoms. The van der Waals surface area contributed by atoms with Crippen LogP contribution in [0.15, 0.2) is 73.3 Å². The standard InChI is InChI=1S/C31H45FN7O9P.C19H29FN6O5.C18H17F5NO4P/c1-8-9-13-16-44-30(42)36-29-34-25(38(6)7)23-26(35-29)39(18-33-23)28-31(5,32)24(40)22(47-28)17-45-49(43,48-21-14-11-10-12-15-21)37-20(4)27(41)46-19(2)3;1-5-6-7-8-30-18(29)24-17-22-14(25(3)4)12-15(23-17)26(10-21-12)16-19(2,20)13(28)11(9-27)31-16;1-9(2)27-18(25)10(3)24-29(26,28-11-7-5-4-6-8-11)17-15(22)13(20)12(19)14(21)16(17)23/h10-12,14-15,18-20,22,24,28,40H,8-9,13,16-17H2,1-7H3,(H,37,43)(H,34,35,36,42);10-11,13,16,27-28H,5-9H2,1-4H3,(H,22,23,24,29);4-10H,1-3H3,(H,24,26)/t20-,22+,24+,28+,31+,49-;11-,13-,16-,19-;10-,29+/m010/s1. The number of benzene rings is 3. The molecule has 3 aromatic carbocycles. The second kappa shape index (κ2) is 38.1. The minimum atomic E-state index is -5.04. The van der Waals surface area contributed by atoms with Crippen molar-refractivity contribution < 1.29 is 116 Å². The molecule has 600 valence electrons. The Bertz CT molecular complexity index is 4320. The van der Waals surface area contributed by atoms with Crippen molar-refractivity contribution in [3.8, 4) is 11.5 Å². The summed E-state index contributed by atoms with van der Waals surface area (Å²) in [5.41, 5.74) is -3.74. The summed E-state index contributed by atoms with van der Waals surface area (Å²) in [6, 6.07) is 12.4. The number of hydrogen-bond donors (Lipinski definition) is 7. The molecular formula is C68H91F7N14O18P2. The Labute approximate surface area is 623 Å². The number of unbranched alkanes of at least 4 members (excludes halogenated alkanes) is 4. The number of fused-ring (bicyclic) bond motifs is 2. The van der Waals surface area contributed by atoms with Crippen LogP contribution in [0.3, 0.4) is 0 Å². The Kier molecular flexibility index (Phi) is 30.6. The number of alkyl halides is 2. The molecular weight excluding hydrogens is 1500 g/mol. The Morgan fingerprint density at radius 2 is 0.982 bits per heavy atom. The number of para-hydroxylation sites is 2. The van der Waals surface area contributed by atoms with Gasteiger partial charge in [-0.15, -0.1) is 0 Å². The highest BCUT2D eigenvalue weighted by molar-refractivity contribution is 7.65. The monoisotopic (exact) mass is 1590 g/mol. The highest BCUT2D eigenvalue weighted by atomic mass is 31.2. The van der Waals surface area contributed by atoms with Crippen LogP contribution in [0.25, 0.3) is 22.3 Å². The summed E-state index contributed by atoms with van der Waals surface area (Å²) in [4.78, 5) is 78.4.